The molecule has 1 aromatic heterocycles. The average Bonchev–Trinajstić information content (AvgIpc) is 2.70. The number of hydrogen-bond acceptors (Lipinski definition) is 1. The average molecular weight is 216 g/mol. The maximum Gasteiger partial charge on any atom is 0.0457 e. The van der Waals surface area contributed by atoms with Crippen molar-refractivity contribution in [3.63, 3.8) is 0 Å². The van der Waals surface area contributed by atoms with Crippen molar-refractivity contribution in [3.05, 3.63) is 36.0 Å². The fourth-order valence-corrected chi connectivity index (χ4v) is 1.74. The van der Waals surface area contributed by atoms with Gasteiger partial charge in [-0.2, -0.15) is 0 Å². The monoisotopic (exact) mass is 216 g/mol. The van der Waals surface area contributed by atoms with Gasteiger partial charge in [-0.3, -0.25) is 0 Å². The van der Waals surface area contributed by atoms with Gasteiger partial charge in [0, 0.05) is 29.2 Å². The topological polar surface area (TPSA) is 27.8 Å². The van der Waals surface area contributed by atoms with Gasteiger partial charge in [0.25, 0.3) is 0 Å². The van der Waals surface area contributed by atoms with Crippen LogP contribution in [0.4, 0.5) is 0 Å². The first-order valence-corrected chi connectivity index (χ1v) is 5.92. The molecule has 2 N–H and O–H groups in total. The second kappa shape index (κ2) is 4.30. The van der Waals surface area contributed by atoms with Crippen molar-refractivity contribution in [2.75, 3.05) is 0 Å². The molecule has 0 bridgehead atoms. The third-order valence-corrected chi connectivity index (χ3v) is 3.32. The maximum atomic E-state index is 3.58. The Bertz CT molecular complexity index is 468. The van der Waals surface area contributed by atoms with E-state index >= 15 is 0 Å². The van der Waals surface area contributed by atoms with Crippen molar-refractivity contribution in [2.24, 2.45) is 0 Å². The summed E-state index contributed by atoms with van der Waals surface area (Å²) in [5, 5.41) is 4.90. The zero-order valence-electron chi connectivity index (χ0n) is 10.3. The van der Waals surface area contributed by atoms with Crippen LogP contribution in [0.5, 0.6) is 0 Å². The number of para-hydroxylation sites is 1. The van der Waals surface area contributed by atoms with Crippen LogP contribution in [0.15, 0.2) is 30.5 Å². The van der Waals surface area contributed by atoms with Gasteiger partial charge < -0.3 is 10.3 Å². The third kappa shape index (κ3) is 2.27. The second-order valence-electron chi connectivity index (χ2n) is 4.95. The number of fused-ring (bicyclic) bond motifs is 1. The van der Waals surface area contributed by atoms with E-state index in [9.17, 15) is 0 Å². The number of nitrogens with one attached hydrogen (secondary N) is 2. The molecule has 1 heterocycles. The molecule has 86 valence electrons. The zero-order valence-corrected chi connectivity index (χ0v) is 10.3. The summed E-state index contributed by atoms with van der Waals surface area (Å²) in [7, 11) is 0. The van der Waals surface area contributed by atoms with Gasteiger partial charge >= 0.3 is 0 Å². The lowest BCUT2D eigenvalue weighted by atomic mass is 10.0. The lowest BCUT2D eigenvalue weighted by Gasteiger charge is -2.24. The molecule has 0 saturated carbocycles. The van der Waals surface area contributed by atoms with Gasteiger partial charge in [0.15, 0.2) is 0 Å². The van der Waals surface area contributed by atoms with Crippen LogP contribution in [0.25, 0.3) is 10.9 Å². The van der Waals surface area contributed by atoms with Crippen molar-refractivity contribution < 1.29 is 0 Å². The highest BCUT2D eigenvalue weighted by Crippen LogP contribution is 2.18. The molecule has 2 rings (SSSR count). The summed E-state index contributed by atoms with van der Waals surface area (Å²) in [5.74, 6) is 0. The van der Waals surface area contributed by atoms with Gasteiger partial charge in [-0.15, -0.1) is 0 Å². The van der Waals surface area contributed by atoms with Crippen LogP contribution in [0.2, 0.25) is 0 Å². The molecular weight excluding hydrogens is 196 g/mol. The molecule has 2 aromatic rings. The van der Waals surface area contributed by atoms with Crippen LogP contribution in [-0.2, 0) is 6.54 Å². The van der Waals surface area contributed by atoms with Crippen LogP contribution in [0.3, 0.4) is 0 Å². The largest absolute Gasteiger partial charge is 0.361 e. The minimum atomic E-state index is 0.207. The van der Waals surface area contributed by atoms with Gasteiger partial charge in [-0.1, -0.05) is 25.1 Å². The number of aromatic amines is 1. The summed E-state index contributed by atoms with van der Waals surface area (Å²) in [5.41, 5.74) is 2.77. The fraction of sp³-hybridized carbons (Fsp3) is 0.429. The molecule has 0 amide bonds. The Balaban J connectivity index is 2.16. The minimum Gasteiger partial charge on any atom is -0.361 e. The Morgan fingerprint density at radius 2 is 2.00 bits per heavy atom. The summed E-state index contributed by atoms with van der Waals surface area (Å²) < 4.78 is 0. The smallest absolute Gasteiger partial charge is 0.0457 e. The summed E-state index contributed by atoms with van der Waals surface area (Å²) in [4.78, 5) is 3.30. The predicted molar refractivity (Wildman–Crippen MR) is 69.5 cm³/mol. The number of aromatic nitrogens is 1. The van der Waals surface area contributed by atoms with E-state index in [2.05, 4.69) is 61.5 Å². The summed E-state index contributed by atoms with van der Waals surface area (Å²) in [6.07, 6.45) is 3.23. The van der Waals surface area contributed by atoms with Gasteiger partial charge in [-0.05, 0) is 31.9 Å². The molecule has 0 spiro atoms. The van der Waals surface area contributed by atoms with Crippen LogP contribution in [0, 0.1) is 0 Å². The van der Waals surface area contributed by atoms with Gasteiger partial charge in [-0.25, -0.2) is 0 Å². The Kier molecular flexibility index (Phi) is 3.01. The van der Waals surface area contributed by atoms with Crippen LogP contribution < -0.4 is 5.32 Å². The van der Waals surface area contributed by atoms with E-state index in [0.29, 0.717) is 0 Å². The van der Waals surface area contributed by atoms with Gasteiger partial charge in [0.2, 0.25) is 0 Å². The van der Waals surface area contributed by atoms with Crippen molar-refractivity contribution in [1.82, 2.24) is 10.3 Å². The normalized spacial score (nSPS) is 12.2. The van der Waals surface area contributed by atoms with Crippen LogP contribution >= 0.6 is 0 Å². The number of H-pyrrole nitrogens is 1. The maximum absolute atomic E-state index is 3.58. The Labute approximate surface area is 97.1 Å². The number of benzene rings is 1. The Hall–Kier alpha value is -1.28. The van der Waals surface area contributed by atoms with E-state index < -0.39 is 0 Å². The van der Waals surface area contributed by atoms with E-state index in [4.69, 9.17) is 0 Å². The van der Waals surface area contributed by atoms with Crippen molar-refractivity contribution in [3.8, 4) is 0 Å². The zero-order chi connectivity index (χ0) is 11.6. The lowest BCUT2D eigenvalue weighted by molar-refractivity contribution is 0.375. The number of hydrogen-bond donors (Lipinski definition) is 2. The Morgan fingerprint density at radius 1 is 1.25 bits per heavy atom. The van der Waals surface area contributed by atoms with E-state index in [1.54, 1.807) is 0 Å². The lowest BCUT2D eigenvalue weighted by Crippen LogP contribution is -2.37. The van der Waals surface area contributed by atoms with Gasteiger partial charge in [0.1, 0.15) is 0 Å². The van der Waals surface area contributed by atoms with Crippen LogP contribution in [0.1, 0.15) is 32.8 Å². The SMILES string of the molecule is CCC(C)(C)NCc1c[nH]c2ccccc12. The van der Waals surface area contributed by atoms with E-state index in [1.165, 1.54) is 16.5 Å². The first kappa shape index (κ1) is 11.2. The molecule has 16 heavy (non-hydrogen) atoms. The standard InChI is InChI=1S/C14H20N2/c1-4-14(2,3)16-10-11-9-15-13-8-6-5-7-12(11)13/h5-9,15-16H,4,10H2,1-3H3. The molecule has 2 nitrogen and oxygen atoms in total. The van der Waals surface area contributed by atoms with Crippen molar-refractivity contribution >= 4 is 10.9 Å². The molecular formula is C14H20N2. The first-order chi connectivity index (χ1) is 7.62. The van der Waals surface area contributed by atoms with Crippen molar-refractivity contribution in [1.29, 1.82) is 0 Å². The molecule has 0 aliphatic carbocycles. The number of rotatable bonds is 4. The van der Waals surface area contributed by atoms with Crippen LogP contribution in [-0.4, -0.2) is 10.5 Å². The summed E-state index contributed by atoms with van der Waals surface area (Å²) in [6.45, 7) is 7.61. The van der Waals surface area contributed by atoms with E-state index in [-0.39, 0.29) is 5.54 Å². The highest BCUT2D eigenvalue weighted by Gasteiger charge is 2.14. The quantitative estimate of drug-likeness (QED) is 0.805. The predicted octanol–water partition coefficient (Wildman–Crippen LogP) is 3.45. The highest BCUT2D eigenvalue weighted by molar-refractivity contribution is 5.82. The first-order valence-electron chi connectivity index (χ1n) is 5.92. The molecule has 0 saturated heterocycles. The molecule has 0 aliphatic rings. The summed E-state index contributed by atoms with van der Waals surface area (Å²) >= 11 is 0. The molecule has 0 atom stereocenters. The minimum absolute atomic E-state index is 0.207. The molecule has 2 heteroatoms. The molecule has 1 aromatic carbocycles. The second-order valence-corrected chi connectivity index (χ2v) is 4.95. The molecule has 0 unspecified atom stereocenters. The fourth-order valence-electron chi connectivity index (χ4n) is 1.74. The van der Waals surface area contributed by atoms with Gasteiger partial charge in [0.05, 0.1) is 0 Å². The molecule has 0 aliphatic heterocycles. The van der Waals surface area contributed by atoms with Crippen molar-refractivity contribution in [2.45, 2.75) is 39.3 Å². The molecule has 0 radical (unpaired) electrons. The summed E-state index contributed by atoms with van der Waals surface area (Å²) in [6, 6.07) is 8.43. The van der Waals surface area contributed by atoms with E-state index in [0.717, 1.165) is 13.0 Å². The Morgan fingerprint density at radius 3 is 2.75 bits per heavy atom. The molecule has 0 fully saturated rings. The highest BCUT2D eigenvalue weighted by atomic mass is 14.9. The van der Waals surface area contributed by atoms with E-state index in [1.807, 2.05) is 0 Å². The third-order valence-electron chi connectivity index (χ3n) is 3.32.